The van der Waals surface area contributed by atoms with Crippen LogP contribution in [-0.2, 0) is 0 Å². The van der Waals surface area contributed by atoms with Gasteiger partial charge in [-0.25, -0.2) is 0 Å². The van der Waals surface area contributed by atoms with Crippen molar-refractivity contribution in [2.24, 2.45) is 4.99 Å². The van der Waals surface area contributed by atoms with Crippen LogP contribution in [0.3, 0.4) is 0 Å². The number of hydrogen-bond acceptors (Lipinski definition) is 5. The Hall–Kier alpha value is -5.88. The minimum Gasteiger partial charge on any atom is -0.480 e. The third-order valence-corrected chi connectivity index (χ3v) is 8.86. The second-order valence-electron chi connectivity index (χ2n) is 11.5. The summed E-state index contributed by atoms with van der Waals surface area (Å²) in [5.41, 5.74) is 11.1. The number of nitrogens with zero attached hydrogens (tertiary/aromatic N) is 3. The number of aromatic nitrogens is 2. The minimum absolute atomic E-state index is 0.0252. The third-order valence-electron chi connectivity index (χ3n) is 8.86. The molecule has 9 rings (SSSR count). The Balaban J connectivity index is 1.12. The Bertz CT molecular complexity index is 2210. The van der Waals surface area contributed by atoms with Gasteiger partial charge in [0.2, 0.25) is 0 Å². The van der Waals surface area contributed by atoms with Crippen LogP contribution in [0, 0.1) is 0 Å². The van der Waals surface area contributed by atoms with E-state index in [0.29, 0.717) is 0 Å². The maximum Gasteiger partial charge on any atom is 0.152 e. The van der Waals surface area contributed by atoms with E-state index in [-0.39, 0.29) is 12.3 Å². The van der Waals surface area contributed by atoms with Gasteiger partial charge in [0.25, 0.3) is 0 Å². The zero-order valence-electron chi connectivity index (χ0n) is 24.4. The predicted octanol–water partition coefficient (Wildman–Crippen LogP) is 7.46. The zero-order valence-corrected chi connectivity index (χ0v) is 24.4. The molecule has 216 valence electrons. The summed E-state index contributed by atoms with van der Waals surface area (Å²) in [4.78, 5) is 9.36. The monoisotopic (exact) mass is 583 g/mol. The van der Waals surface area contributed by atoms with Gasteiger partial charge in [0.1, 0.15) is 11.9 Å². The van der Waals surface area contributed by atoms with E-state index >= 15 is 0 Å². The maximum atomic E-state index is 6.49. The summed E-state index contributed by atoms with van der Waals surface area (Å²) in [6, 6.07) is 36.3. The van der Waals surface area contributed by atoms with E-state index < -0.39 is 0 Å². The van der Waals surface area contributed by atoms with Crippen LogP contribution < -0.4 is 15.4 Å². The van der Waals surface area contributed by atoms with Crippen LogP contribution in [-0.4, -0.2) is 28.0 Å². The number of para-hydroxylation sites is 1. The molecule has 0 amide bonds. The van der Waals surface area contributed by atoms with Gasteiger partial charge < -0.3 is 19.9 Å². The number of hydrogen-bond donors (Lipinski definition) is 2. The van der Waals surface area contributed by atoms with Crippen molar-refractivity contribution < 1.29 is 4.74 Å². The summed E-state index contributed by atoms with van der Waals surface area (Å²) in [5, 5.41) is 9.22. The molecule has 4 aromatic carbocycles. The molecule has 6 aromatic rings. The van der Waals surface area contributed by atoms with Gasteiger partial charge in [-0.1, -0.05) is 66.7 Å². The molecule has 2 aromatic heterocycles. The highest BCUT2D eigenvalue weighted by atomic mass is 16.5. The average Bonchev–Trinajstić information content (AvgIpc) is 3.43. The Morgan fingerprint density at radius 2 is 1.60 bits per heavy atom. The lowest BCUT2D eigenvalue weighted by molar-refractivity contribution is 0.190. The number of rotatable bonds is 5. The Morgan fingerprint density at radius 3 is 2.42 bits per heavy atom. The van der Waals surface area contributed by atoms with Gasteiger partial charge in [-0.2, -0.15) is 0 Å². The molecule has 0 aliphatic carbocycles. The van der Waals surface area contributed by atoms with E-state index in [1.54, 1.807) is 0 Å². The summed E-state index contributed by atoms with van der Waals surface area (Å²) >= 11 is 0. The highest BCUT2D eigenvalue weighted by Crippen LogP contribution is 2.50. The van der Waals surface area contributed by atoms with E-state index in [1.165, 1.54) is 16.5 Å². The Morgan fingerprint density at radius 1 is 0.778 bits per heavy atom. The van der Waals surface area contributed by atoms with Gasteiger partial charge in [-0.15, -0.1) is 0 Å². The molecule has 0 saturated heterocycles. The summed E-state index contributed by atoms with van der Waals surface area (Å²) < 4.78 is 8.82. The van der Waals surface area contributed by atoms with E-state index in [0.717, 1.165) is 62.5 Å². The van der Waals surface area contributed by atoms with Gasteiger partial charge in [0.15, 0.2) is 6.10 Å². The molecule has 6 heteroatoms. The van der Waals surface area contributed by atoms with Gasteiger partial charge in [-0.3, -0.25) is 9.98 Å². The minimum atomic E-state index is -0.179. The lowest BCUT2D eigenvalue weighted by Crippen LogP contribution is -2.33. The summed E-state index contributed by atoms with van der Waals surface area (Å²) in [6.07, 6.45) is 11.8. The fraction of sp³-hybridized carbons (Fsp3) is 0.0769. The number of ether oxygens (including phenoxy) is 1. The van der Waals surface area contributed by atoms with Crippen molar-refractivity contribution >= 4 is 33.2 Å². The third kappa shape index (κ3) is 4.25. The first-order valence-corrected chi connectivity index (χ1v) is 15.3. The molecule has 5 heterocycles. The van der Waals surface area contributed by atoms with Gasteiger partial charge in [0, 0.05) is 46.8 Å². The summed E-state index contributed by atoms with van der Waals surface area (Å²) in [6.45, 7) is 0.789. The average molecular weight is 584 g/mol. The molecule has 45 heavy (non-hydrogen) atoms. The van der Waals surface area contributed by atoms with E-state index in [4.69, 9.17) is 9.73 Å². The lowest BCUT2D eigenvalue weighted by Gasteiger charge is -2.32. The Kier molecular flexibility index (Phi) is 5.91. The van der Waals surface area contributed by atoms with Crippen LogP contribution >= 0.6 is 0 Å². The molecule has 3 aliphatic heterocycles. The number of benzene rings is 4. The molecular weight excluding hydrogens is 554 g/mol. The van der Waals surface area contributed by atoms with Crippen LogP contribution in [0.25, 0.3) is 33.2 Å². The van der Waals surface area contributed by atoms with Gasteiger partial charge in [-0.05, 0) is 77.5 Å². The largest absolute Gasteiger partial charge is 0.480 e. The fourth-order valence-electron chi connectivity index (χ4n) is 6.66. The number of dihydropyridines is 1. The molecule has 2 N–H and O–H groups in total. The molecule has 3 aliphatic rings. The van der Waals surface area contributed by atoms with Crippen LogP contribution in [0.2, 0.25) is 0 Å². The molecule has 0 radical (unpaired) electrons. The molecule has 2 atom stereocenters. The van der Waals surface area contributed by atoms with E-state index in [9.17, 15) is 0 Å². The van der Waals surface area contributed by atoms with Crippen molar-refractivity contribution in [3.8, 4) is 11.4 Å². The van der Waals surface area contributed by atoms with Crippen LogP contribution in [0.5, 0.6) is 5.75 Å². The highest BCUT2D eigenvalue weighted by Gasteiger charge is 2.33. The second kappa shape index (κ2) is 10.4. The van der Waals surface area contributed by atoms with Crippen LogP contribution in [0.15, 0.2) is 151 Å². The molecule has 0 saturated carbocycles. The first-order chi connectivity index (χ1) is 22.3. The normalized spacial score (nSPS) is 18.5. The summed E-state index contributed by atoms with van der Waals surface area (Å²) in [5.74, 6) is 0.984. The van der Waals surface area contributed by atoms with Crippen molar-refractivity contribution in [2.45, 2.75) is 12.3 Å². The van der Waals surface area contributed by atoms with E-state index in [2.05, 4.69) is 123 Å². The molecular formula is C39H29N5O. The van der Waals surface area contributed by atoms with Gasteiger partial charge >= 0.3 is 0 Å². The van der Waals surface area contributed by atoms with Gasteiger partial charge in [0.05, 0.1) is 22.1 Å². The quantitative estimate of drug-likeness (QED) is 0.221. The van der Waals surface area contributed by atoms with Crippen molar-refractivity contribution in [2.75, 3.05) is 6.54 Å². The molecule has 1 unspecified atom stereocenters. The predicted molar refractivity (Wildman–Crippen MR) is 181 cm³/mol. The smallest absolute Gasteiger partial charge is 0.152 e. The Labute approximate surface area is 260 Å². The first kappa shape index (κ1) is 25.6. The first-order valence-electron chi connectivity index (χ1n) is 15.3. The molecule has 6 nitrogen and oxygen atoms in total. The number of aliphatic imine (C=N–C) groups is 1. The maximum absolute atomic E-state index is 6.49. The van der Waals surface area contributed by atoms with Crippen LogP contribution in [0.4, 0.5) is 0 Å². The number of nitrogens with one attached hydrogen (secondary N) is 2. The second-order valence-corrected chi connectivity index (χ2v) is 11.5. The van der Waals surface area contributed by atoms with Crippen molar-refractivity contribution in [1.29, 1.82) is 0 Å². The van der Waals surface area contributed by atoms with E-state index in [1.807, 2.05) is 36.8 Å². The van der Waals surface area contributed by atoms with Crippen LogP contribution in [0.1, 0.15) is 28.4 Å². The summed E-state index contributed by atoms with van der Waals surface area (Å²) in [7, 11) is 0. The van der Waals surface area contributed by atoms with Crippen molar-refractivity contribution in [1.82, 2.24) is 20.2 Å². The molecule has 0 bridgehead atoms. The SMILES string of the molecule is C1=CC(C2N=C(c3ccc(-n4c5ccccc5c5c6c(ccc54)[C@H](c4ccccc4)O6)cc3)C=C(c3ccncc3)N2)=CCN1. The number of fused-ring (bicyclic) bond motifs is 5. The highest BCUT2D eigenvalue weighted by molar-refractivity contribution is 6.14. The number of allylic oxidation sites excluding steroid dienone is 1. The molecule has 0 fully saturated rings. The topological polar surface area (TPSA) is 63.5 Å². The zero-order chi connectivity index (χ0) is 29.7. The van der Waals surface area contributed by atoms with Crippen molar-refractivity contribution in [3.05, 3.63) is 168 Å². The van der Waals surface area contributed by atoms with Crippen molar-refractivity contribution in [3.63, 3.8) is 0 Å². The number of pyridine rings is 1. The standard InChI is InChI=1S/C39H29N5O/c1-2-6-27(7-3-1)37-31-14-15-35-36(38(31)45-37)30-8-4-5-9-34(30)44(35)29-12-10-25(11-13-29)32-24-33(26-16-20-40-21-17-26)43-39(42-32)28-18-22-41-23-19-28/h1-22,24,37,39,41,43H,23H2/t37-,39?/m0/s1. The molecule has 0 spiro atoms. The lowest BCUT2D eigenvalue weighted by atomic mass is 9.93. The fourth-order valence-corrected chi connectivity index (χ4v) is 6.66.